The normalized spacial score (nSPS) is 24.9. The molecule has 3 N–H and O–H groups in total. The first-order valence-corrected chi connectivity index (χ1v) is 6.26. The van der Waals surface area contributed by atoms with E-state index in [2.05, 4.69) is 5.32 Å². The van der Waals surface area contributed by atoms with Crippen molar-refractivity contribution in [1.82, 2.24) is 4.90 Å². The van der Waals surface area contributed by atoms with E-state index < -0.39 is 12.2 Å². The Morgan fingerprint density at radius 1 is 1.30 bits per heavy atom. The van der Waals surface area contributed by atoms with Crippen LogP contribution in [0.3, 0.4) is 0 Å². The van der Waals surface area contributed by atoms with Gasteiger partial charge >= 0.3 is 0 Å². The van der Waals surface area contributed by atoms with Crippen molar-refractivity contribution in [2.75, 3.05) is 25.0 Å². The molecule has 0 bridgehead atoms. The van der Waals surface area contributed by atoms with E-state index in [9.17, 15) is 19.8 Å². The molecule has 1 aromatic rings. The molecule has 1 saturated heterocycles. The van der Waals surface area contributed by atoms with Gasteiger partial charge in [-0.05, 0) is 18.2 Å². The molecule has 20 heavy (non-hydrogen) atoms. The van der Waals surface area contributed by atoms with E-state index in [-0.39, 0.29) is 31.5 Å². The average molecular weight is 278 g/mol. The summed E-state index contributed by atoms with van der Waals surface area (Å²) in [6.45, 7) is 0.134. The summed E-state index contributed by atoms with van der Waals surface area (Å²) in [7, 11) is 0. The largest absolute Gasteiger partial charge is 0.482 e. The lowest BCUT2D eigenvalue weighted by molar-refractivity contribution is -0.118. The molecule has 2 heterocycles. The van der Waals surface area contributed by atoms with E-state index in [1.807, 2.05) is 0 Å². The number of β-amino-alcohol motifs (C(OH)–C–C–N with tert-alkyl or cyclic N) is 2. The van der Waals surface area contributed by atoms with Crippen LogP contribution in [0.15, 0.2) is 18.2 Å². The summed E-state index contributed by atoms with van der Waals surface area (Å²) in [5.74, 6) is -0.0815. The highest BCUT2D eigenvalue weighted by atomic mass is 16.5. The highest BCUT2D eigenvalue weighted by molar-refractivity contribution is 5.99. The number of anilines is 1. The Bertz CT molecular complexity index is 564. The van der Waals surface area contributed by atoms with Crippen LogP contribution in [0.2, 0.25) is 0 Å². The van der Waals surface area contributed by atoms with Crippen LogP contribution in [-0.4, -0.2) is 58.8 Å². The molecule has 0 aromatic heterocycles. The zero-order chi connectivity index (χ0) is 14.3. The molecule has 0 aliphatic carbocycles. The van der Waals surface area contributed by atoms with E-state index >= 15 is 0 Å². The summed E-state index contributed by atoms with van der Waals surface area (Å²) in [5, 5.41) is 21.6. The fourth-order valence-corrected chi connectivity index (χ4v) is 2.33. The van der Waals surface area contributed by atoms with Gasteiger partial charge in [-0.2, -0.15) is 0 Å². The quantitative estimate of drug-likeness (QED) is 0.624. The van der Waals surface area contributed by atoms with E-state index in [0.717, 1.165) is 0 Å². The number of carbonyl (C=O) groups excluding carboxylic acids is 2. The Morgan fingerprint density at radius 3 is 2.70 bits per heavy atom. The number of carbonyl (C=O) groups is 2. The number of aliphatic hydroxyl groups excluding tert-OH is 2. The Balaban J connectivity index is 1.81. The van der Waals surface area contributed by atoms with Crippen LogP contribution in [0.1, 0.15) is 10.4 Å². The third-order valence-corrected chi connectivity index (χ3v) is 3.41. The van der Waals surface area contributed by atoms with Crippen LogP contribution in [0.25, 0.3) is 0 Å². The molecule has 2 aliphatic heterocycles. The minimum Gasteiger partial charge on any atom is -0.482 e. The predicted molar refractivity (Wildman–Crippen MR) is 68.5 cm³/mol. The lowest BCUT2D eigenvalue weighted by atomic mass is 10.1. The predicted octanol–water partition coefficient (Wildman–Crippen LogP) is -0.805. The monoisotopic (exact) mass is 278 g/mol. The minimum absolute atomic E-state index is 0.0776. The van der Waals surface area contributed by atoms with Crippen molar-refractivity contribution in [3.05, 3.63) is 23.8 Å². The molecule has 0 radical (unpaired) electrons. The number of benzene rings is 1. The van der Waals surface area contributed by atoms with Crippen molar-refractivity contribution in [1.29, 1.82) is 0 Å². The second-order valence-electron chi connectivity index (χ2n) is 4.89. The molecule has 1 fully saturated rings. The highest BCUT2D eigenvalue weighted by Gasteiger charge is 2.33. The maximum absolute atomic E-state index is 12.2. The van der Waals surface area contributed by atoms with Crippen molar-refractivity contribution in [3.63, 3.8) is 0 Å². The van der Waals surface area contributed by atoms with Gasteiger partial charge in [0.2, 0.25) is 0 Å². The minimum atomic E-state index is -0.910. The fourth-order valence-electron chi connectivity index (χ4n) is 2.33. The zero-order valence-corrected chi connectivity index (χ0v) is 10.6. The first-order chi connectivity index (χ1) is 9.54. The Labute approximate surface area is 114 Å². The van der Waals surface area contributed by atoms with Crippen molar-refractivity contribution in [3.8, 4) is 5.75 Å². The number of aliphatic hydroxyl groups is 2. The molecule has 7 nitrogen and oxygen atoms in total. The number of nitrogens with one attached hydrogen (secondary N) is 1. The number of likely N-dealkylation sites (tertiary alicyclic amines) is 1. The van der Waals surface area contributed by atoms with Gasteiger partial charge < -0.3 is 25.2 Å². The number of fused-ring (bicyclic) bond motifs is 1. The molecule has 2 atom stereocenters. The molecule has 3 rings (SSSR count). The fraction of sp³-hybridized carbons (Fsp3) is 0.385. The van der Waals surface area contributed by atoms with Crippen LogP contribution in [0, 0.1) is 0 Å². The summed E-state index contributed by atoms with van der Waals surface area (Å²) in [4.78, 5) is 24.8. The molecule has 2 unspecified atom stereocenters. The summed E-state index contributed by atoms with van der Waals surface area (Å²) >= 11 is 0. The Kier molecular flexibility index (Phi) is 3.07. The molecule has 2 aliphatic rings. The van der Waals surface area contributed by atoms with Crippen LogP contribution in [0.5, 0.6) is 5.75 Å². The third-order valence-electron chi connectivity index (χ3n) is 3.41. The van der Waals surface area contributed by atoms with Gasteiger partial charge in [-0.3, -0.25) is 9.59 Å². The Hall–Kier alpha value is -2.12. The lowest BCUT2D eigenvalue weighted by Crippen LogP contribution is -2.30. The second kappa shape index (κ2) is 4.77. The van der Waals surface area contributed by atoms with Gasteiger partial charge in [-0.25, -0.2) is 0 Å². The van der Waals surface area contributed by atoms with Gasteiger partial charge in [0, 0.05) is 18.7 Å². The van der Waals surface area contributed by atoms with Gasteiger partial charge in [0.05, 0.1) is 17.9 Å². The average Bonchev–Trinajstić information content (AvgIpc) is 2.77. The molecular formula is C13H14N2O5. The first kappa shape index (κ1) is 12.9. The van der Waals surface area contributed by atoms with Gasteiger partial charge in [0.15, 0.2) is 6.61 Å². The van der Waals surface area contributed by atoms with Crippen LogP contribution < -0.4 is 10.1 Å². The van der Waals surface area contributed by atoms with Crippen molar-refractivity contribution in [2.24, 2.45) is 0 Å². The maximum Gasteiger partial charge on any atom is 0.262 e. The molecule has 7 heteroatoms. The number of hydrogen-bond donors (Lipinski definition) is 3. The first-order valence-electron chi connectivity index (χ1n) is 6.26. The number of ether oxygens (including phenoxy) is 1. The summed E-state index contributed by atoms with van der Waals surface area (Å²) in [5.41, 5.74) is 0.917. The molecule has 2 amide bonds. The lowest BCUT2D eigenvalue weighted by Gasteiger charge is -2.20. The maximum atomic E-state index is 12.2. The van der Waals surface area contributed by atoms with Crippen LogP contribution in [0.4, 0.5) is 5.69 Å². The molecule has 0 saturated carbocycles. The van der Waals surface area contributed by atoms with E-state index in [4.69, 9.17) is 4.74 Å². The van der Waals surface area contributed by atoms with E-state index in [1.54, 1.807) is 18.2 Å². The topological polar surface area (TPSA) is 99.1 Å². The van der Waals surface area contributed by atoms with Gasteiger partial charge in [0.25, 0.3) is 11.8 Å². The summed E-state index contributed by atoms with van der Waals surface area (Å²) < 4.78 is 5.25. The number of rotatable bonds is 1. The number of nitrogens with zero attached hydrogens (tertiary/aromatic N) is 1. The van der Waals surface area contributed by atoms with E-state index in [0.29, 0.717) is 17.0 Å². The SMILES string of the molecule is O=C1COc2cc(C(=O)N3CC(O)C(O)C3)ccc2N1. The van der Waals surface area contributed by atoms with Crippen molar-refractivity contribution >= 4 is 17.5 Å². The molecule has 0 spiro atoms. The van der Waals surface area contributed by atoms with Gasteiger partial charge in [0.1, 0.15) is 5.75 Å². The Morgan fingerprint density at radius 2 is 2.00 bits per heavy atom. The van der Waals surface area contributed by atoms with Gasteiger partial charge in [-0.15, -0.1) is 0 Å². The van der Waals surface area contributed by atoms with Crippen LogP contribution >= 0.6 is 0 Å². The van der Waals surface area contributed by atoms with Crippen molar-refractivity contribution < 1.29 is 24.5 Å². The van der Waals surface area contributed by atoms with Crippen molar-refractivity contribution in [2.45, 2.75) is 12.2 Å². The zero-order valence-electron chi connectivity index (χ0n) is 10.6. The number of amides is 2. The second-order valence-corrected chi connectivity index (χ2v) is 4.89. The number of hydrogen-bond acceptors (Lipinski definition) is 5. The smallest absolute Gasteiger partial charge is 0.262 e. The molecule has 106 valence electrons. The molecule has 1 aromatic carbocycles. The van der Waals surface area contributed by atoms with Crippen LogP contribution in [-0.2, 0) is 4.79 Å². The van der Waals surface area contributed by atoms with E-state index in [1.165, 1.54) is 4.90 Å². The third kappa shape index (κ3) is 2.21. The standard InChI is InChI=1S/C13H14N2O5/c16-9-4-15(5-10(9)17)13(19)7-1-2-8-11(3-7)20-6-12(18)14-8/h1-3,9-10,16-17H,4-6H2,(H,14,18). The molecular weight excluding hydrogens is 264 g/mol. The van der Waals surface area contributed by atoms with Gasteiger partial charge in [-0.1, -0.05) is 0 Å². The summed E-state index contributed by atoms with van der Waals surface area (Å²) in [6.07, 6.45) is -1.82. The highest BCUT2D eigenvalue weighted by Crippen LogP contribution is 2.29. The summed E-state index contributed by atoms with van der Waals surface area (Å²) in [6, 6.07) is 4.73.